The molecule has 0 unspecified atom stereocenters. The van der Waals surface area contributed by atoms with E-state index in [4.69, 9.17) is 4.74 Å². The molecule has 0 aromatic rings. The molecular weight excluding hydrogens is 130 g/mol. The van der Waals surface area contributed by atoms with Gasteiger partial charge in [-0.1, -0.05) is 13.3 Å². The van der Waals surface area contributed by atoms with Crippen LogP contribution in [0, 0.1) is 0 Å². The van der Waals surface area contributed by atoms with Crippen LogP contribution in [0.3, 0.4) is 0 Å². The Hall–Kier alpha value is -0.570. The van der Waals surface area contributed by atoms with Gasteiger partial charge < -0.3 is 4.74 Å². The third-order valence-electron chi connectivity index (χ3n) is 1.05. The van der Waals surface area contributed by atoms with Crippen LogP contribution in [0.5, 0.6) is 0 Å². The largest absolute Gasteiger partial charge is 0.465 e. The lowest BCUT2D eigenvalue weighted by molar-refractivity contribution is -0.142. The van der Waals surface area contributed by atoms with E-state index >= 15 is 0 Å². The van der Waals surface area contributed by atoms with Crippen LogP contribution in [0.2, 0.25) is 0 Å². The van der Waals surface area contributed by atoms with Crippen LogP contribution >= 0.6 is 0 Å². The van der Waals surface area contributed by atoms with E-state index in [0.717, 1.165) is 12.8 Å². The highest BCUT2D eigenvalue weighted by Crippen LogP contribution is 1.87. The van der Waals surface area contributed by atoms with E-state index in [-0.39, 0.29) is 12.5 Å². The van der Waals surface area contributed by atoms with E-state index in [2.05, 4.69) is 12.2 Å². The SMILES string of the molecule is CCCCOC(=O)C[N]C. The van der Waals surface area contributed by atoms with Crippen LogP contribution in [0.25, 0.3) is 0 Å². The highest BCUT2D eigenvalue weighted by Gasteiger charge is 1.98. The molecule has 0 fully saturated rings. The summed E-state index contributed by atoms with van der Waals surface area (Å²) in [6.07, 6.45) is 1.99. The molecule has 0 atom stereocenters. The first-order chi connectivity index (χ1) is 4.81. The summed E-state index contributed by atoms with van der Waals surface area (Å²) in [6.45, 7) is 2.77. The fourth-order valence-corrected chi connectivity index (χ4v) is 0.505. The molecule has 0 saturated carbocycles. The first kappa shape index (κ1) is 9.43. The molecule has 0 aromatic heterocycles. The number of hydrogen-bond acceptors (Lipinski definition) is 2. The predicted octanol–water partition coefficient (Wildman–Crippen LogP) is 0.564. The first-order valence-electron chi connectivity index (χ1n) is 3.52. The minimum atomic E-state index is -0.226. The smallest absolute Gasteiger partial charge is 0.321 e. The maximum Gasteiger partial charge on any atom is 0.321 e. The van der Waals surface area contributed by atoms with Gasteiger partial charge in [0.05, 0.1) is 6.61 Å². The molecule has 0 heterocycles. The summed E-state index contributed by atoms with van der Waals surface area (Å²) in [7, 11) is 1.60. The number of carbonyl (C=O) groups is 1. The molecule has 3 heteroatoms. The Morgan fingerprint density at radius 1 is 1.60 bits per heavy atom. The second-order valence-corrected chi connectivity index (χ2v) is 2.05. The Morgan fingerprint density at radius 3 is 2.80 bits per heavy atom. The van der Waals surface area contributed by atoms with Crippen LogP contribution in [-0.4, -0.2) is 26.2 Å². The minimum absolute atomic E-state index is 0.184. The lowest BCUT2D eigenvalue weighted by atomic mass is 10.4. The average Bonchev–Trinajstić information content (AvgIpc) is 1.89. The second-order valence-electron chi connectivity index (χ2n) is 2.05. The third kappa shape index (κ3) is 5.56. The van der Waals surface area contributed by atoms with Crippen molar-refractivity contribution >= 4 is 5.97 Å². The summed E-state index contributed by atoms with van der Waals surface area (Å²) in [5.74, 6) is -0.226. The molecule has 0 rings (SSSR count). The van der Waals surface area contributed by atoms with Gasteiger partial charge in [-0.3, -0.25) is 4.79 Å². The zero-order chi connectivity index (χ0) is 7.82. The first-order valence-corrected chi connectivity index (χ1v) is 3.52. The van der Waals surface area contributed by atoms with Crippen LogP contribution < -0.4 is 5.32 Å². The standard InChI is InChI=1S/C7H14NO2/c1-3-4-5-10-7(9)6-8-2/h3-6H2,1-2H3. The number of esters is 1. The van der Waals surface area contributed by atoms with Gasteiger partial charge in [-0.15, -0.1) is 0 Å². The number of ether oxygens (including phenoxy) is 1. The molecule has 0 N–H and O–H groups in total. The lowest BCUT2D eigenvalue weighted by Crippen LogP contribution is -2.16. The number of hydrogen-bond donors (Lipinski definition) is 0. The summed E-state index contributed by atoms with van der Waals surface area (Å²) in [5.41, 5.74) is 0. The molecule has 0 saturated heterocycles. The van der Waals surface area contributed by atoms with Gasteiger partial charge in [0.25, 0.3) is 0 Å². The molecule has 10 heavy (non-hydrogen) atoms. The molecule has 0 aliphatic rings. The van der Waals surface area contributed by atoms with Crippen LogP contribution in [0.1, 0.15) is 19.8 Å². The summed E-state index contributed by atoms with van der Waals surface area (Å²) in [4.78, 5) is 10.6. The van der Waals surface area contributed by atoms with Crippen molar-refractivity contribution in [1.29, 1.82) is 0 Å². The molecule has 0 spiro atoms. The van der Waals surface area contributed by atoms with Crippen molar-refractivity contribution in [1.82, 2.24) is 5.32 Å². The Bertz CT molecular complexity index is 93.6. The Kier molecular flexibility index (Phi) is 6.18. The monoisotopic (exact) mass is 144 g/mol. The van der Waals surface area contributed by atoms with Gasteiger partial charge >= 0.3 is 5.97 Å². The molecule has 1 radical (unpaired) electrons. The van der Waals surface area contributed by atoms with Gasteiger partial charge in [-0.2, -0.15) is 0 Å². The summed E-state index contributed by atoms with van der Waals surface area (Å²) in [6, 6.07) is 0. The van der Waals surface area contributed by atoms with Crippen molar-refractivity contribution in [2.45, 2.75) is 19.8 Å². The molecule has 3 nitrogen and oxygen atoms in total. The number of carbonyl (C=O) groups excluding carboxylic acids is 1. The minimum Gasteiger partial charge on any atom is -0.465 e. The molecule has 59 valence electrons. The van der Waals surface area contributed by atoms with Gasteiger partial charge in [0, 0.05) is 7.05 Å². The highest BCUT2D eigenvalue weighted by molar-refractivity contribution is 5.71. The molecule has 0 amide bonds. The number of rotatable bonds is 5. The zero-order valence-electron chi connectivity index (χ0n) is 6.59. The van der Waals surface area contributed by atoms with Gasteiger partial charge in [0.15, 0.2) is 0 Å². The zero-order valence-corrected chi connectivity index (χ0v) is 6.59. The lowest BCUT2D eigenvalue weighted by Gasteiger charge is -2.00. The Morgan fingerprint density at radius 2 is 2.30 bits per heavy atom. The van der Waals surface area contributed by atoms with E-state index in [0.29, 0.717) is 6.61 Å². The van der Waals surface area contributed by atoms with E-state index < -0.39 is 0 Å². The van der Waals surface area contributed by atoms with Crippen molar-refractivity contribution in [2.24, 2.45) is 0 Å². The molecular formula is C7H14NO2. The maximum absolute atomic E-state index is 10.6. The van der Waals surface area contributed by atoms with E-state index in [1.165, 1.54) is 0 Å². The van der Waals surface area contributed by atoms with E-state index in [1.807, 2.05) is 0 Å². The molecule has 0 aromatic carbocycles. The summed E-state index contributed by atoms with van der Waals surface area (Å²) in [5, 5.41) is 3.64. The predicted molar refractivity (Wildman–Crippen MR) is 38.8 cm³/mol. The molecule has 0 aliphatic heterocycles. The Labute approximate surface area is 61.8 Å². The summed E-state index contributed by atoms with van der Waals surface area (Å²) < 4.78 is 4.79. The van der Waals surface area contributed by atoms with Crippen LogP contribution in [-0.2, 0) is 9.53 Å². The van der Waals surface area contributed by atoms with Gasteiger partial charge in [0.2, 0.25) is 0 Å². The quantitative estimate of drug-likeness (QED) is 0.418. The number of nitrogens with zero attached hydrogens (tertiary/aromatic N) is 1. The van der Waals surface area contributed by atoms with Crippen molar-refractivity contribution in [3.05, 3.63) is 0 Å². The summed E-state index contributed by atoms with van der Waals surface area (Å²) >= 11 is 0. The molecule has 0 bridgehead atoms. The number of likely N-dealkylation sites (N-methyl/N-ethyl adjacent to an activating group) is 1. The second kappa shape index (κ2) is 6.55. The topological polar surface area (TPSA) is 40.4 Å². The average molecular weight is 144 g/mol. The van der Waals surface area contributed by atoms with Crippen LogP contribution in [0.15, 0.2) is 0 Å². The van der Waals surface area contributed by atoms with Crippen LogP contribution in [0.4, 0.5) is 0 Å². The fraction of sp³-hybridized carbons (Fsp3) is 0.857. The maximum atomic E-state index is 10.6. The van der Waals surface area contributed by atoms with E-state index in [9.17, 15) is 4.79 Å². The van der Waals surface area contributed by atoms with Crippen molar-refractivity contribution in [3.63, 3.8) is 0 Å². The van der Waals surface area contributed by atoms with Gasteiger partial charge in [-0.05, 0) is 6.42 Å². The number of unbranched alkanes of at least 4 members (excludes halogenated alkanes) is 1. The molecule has 0 aliphatic carbocycles. The van der Waals surface area contributed by atoms with Gasteiger partial charge in [-0.25, -0.2) is 5.32 Å². The highest BCUT2D eigenvalue weighted by atomic mass is 16.5. The normalized spacial score (nSPS) is 9.40. The Balaban J connectivity index is 3.05. The van der Waals surface area contributed by atoms with E-state index in [1.54, 1.807) is 7.05 Å². The third-order valence-corrected chi connectivity index (χ3v) is 1.05. The van der Waals surface area contributed by atoms with Crippen molar-refractivity contribution < 1.29 is 9.53 Å². The fourth-order valence-electron chi connectivity index (χ4n) is 0.505. The van der Waals surface area contributed by atoms with Crippen molar-refractivity contribution in [3.8, 4) is 0 Å². The van der Waals surface area contributed by atoms with Gasteiger partial charge in [0.1, 0.15) is 6.54 Å². The van der Waals surface area contributed by atoms with Crippen molar-refractivity contribution in [2.75, 3.05) is 20.2 Å².